The number of rotatable bonds is 3. The van der Waals surface area contributed by atoms with E-state index < -0.39 is 5.97 Å². The van der Waals surface area contributed by atoms with Crippen molar-refractivity contribution in [3.63, 3.8) is 0 Å². The molecule has 2 nitrogen and oxygen atoms in total. The first kappa shape index (κ1) is 11.2. The topological polar surface area (TPSA) is 37.3 Å². The van der Waals surface area contributed by atoms with Crippen LogP contribution >= 0.6 is 23.1 Å². The van der Waals surface area contributed by atoms with Crippen LogP contribution in [0.2, 0.25) is 0 Å². The molecule has 1 aromatic carbocycles. The van der Waals surface area contributed by atoms with E-state index in [1.165, 1.54) is 16.9 Å². The van der Waals surface area contributed by atoms with Crippen LogP contribution in [-0.2, 0) is 0 Å². The molecule has 0 aliphatic heterocycles. The number of benzene rings is 1. The van der Waals surface area contributed by atoms with Crippen LogP contribution in [0.1, 0.15) is 15.9 Å². The Morgan fingerprint density at radius 3 is 2.56 bits per heavy atom. The van der Waals surface area contributed by atoms with E-state index in [0.29, 0.717) is 5.56 Å². The fourth-order valence-corrected chi connectivity index (χ4v) is 3.13. The number of carboxylic acid groups (broad SMARTS) is 1. The minimum absolute atomic E-state index is 0.361. The number of carbonyl (C=O) groups is 1. The zero-order valence-corrected chi connectivity index (χ0v) is 10.3. The minimum Gasteiger partial charge on any atom is -0.478 e. The second-order valence-electron chi connectivity index (χ2n) is 3.37. The van der Waals surface area contributed by atoms with Crippen LogP contribution in [0.25, 0.3) is 0 Å². The van der Waals surface area contributed by atoms with Crippen molar-refractivity contribution in [3.8, 4) is 0 Å². The van der Waals surface area contributed by atoms with Crippen LogP contribution in [0.5, 0.6) is 0 Å². The van der Waals surface area contributed by atoms with Gasteiger partial charge >= 0.3 is 5.97 Å². The minimum atomic E-state index is -0.869. The lowest BCUT2D eigenvalue weighted by atomic mass is 10.2. The lowest BCUT2D eigenvalue weighted by Gasteiger charge is -1.98. The number of hydrogen-bond donors (Lipinski definition) is 1. The first-order valence-corrected chi connectivity index (χ1v) is 6.41. The van der Waals surface area contributed by atoms with Gasteiger partial charge in [-0.25, -0.2) is 4.79 Å². The van der Waals surface area contributed by atoms with Gasteiger partial charge in [0.15, 0.2) is 0 Å². The zero-order valence-electron chi connectivity index (χ0n) is 8.64. The second kappa shape index (κ2) is 4.72. The average molecular weight is 250 g/mol. The van der Waals surface area contributed by atoms with Crippen LogP contribution in [0.4, 0.5) is 0 Å². The van der Waals surface area contributed by atoms with E-state index in [1.807, 2.05) is 31.2 Å². The first-order chi connectivity index (χ1) is 7.65. The van der Waals surface area contributed by atoms with E-state index in [9.17, 15) is 4.79 Å². The van der Waals surface area contributed by atoms with Crippen LogP contribution in [-0.4, -0.2) is 11.1 Å². The van der Waals surface area contributed by atoms with Gasteiger partial charge in [-0.1, -0.05) is 29.5 Å². The summed E-state index contributed by atoms with van der Waals surface area (Å²) in [5.74, 6) is -0.869. The van der Waals surface area contributed by atoms with Crippen LogP contribution in [0.15, 0.2) is 44.8 Å². The standard InChI is InChI=1S/C12H10O2S2/c1-8-2-4-10(5-3-8)16-11-6-9(7-15-11)12(13)14/h2-7H,1H3,(H,13,14). The fraction of sp³-hybridized carbons (Fsp3) is 0.0833. The molecular formula is C12H10O2S2. The van der Waals surface area contributed by atoms with Crippen LogP contribution in [0, 0.1) is 6.92 Å². The summed E-state index contributed by atoms with van der Waals surface area (Å²) in [5, 5.41) is 10.5. The van der Waals surface area contributed by atoms with Gasteiger partial charge in [-0.05, 0) is 25.1 Å². The molecule has 1 heterocycles. The van der Waals surface area contributed by atoms with Gasteiger partial charge in [-0.2, -0.15) is 0 Å². The van der Waals surface area contributed by atoms with Crippen molar-refractivity contribution < 1.29 is 9.90 Å². The predicted octanol–water partition coefficient (Wildman–Crippen LogP) is 3.91. The van der Waals surface area contributed by atoms with Crippen molar-refractivity contribution in [1.82, 2.24) is 0 Å². The SMILES string of the molecule is Cc1ccc(Sc2cc(C(=O)O)cs2)cc1. The van der Waals surface area contributed by atoms with E-state index in [-0.39, 0.29) is 0 Å². The molecule has 0 atom stereocenters. The third-order valence-corrected chi connectivity index (χ3v) is 4.15. The highest BCUT2D eigenvalue weighted by Gasteiger charge is 2.07. The van der Waals surface area contributed by atoms with Gasteiger partial charge in [0, 0.05) is 10.3 Å². The molecule has 0 bridgehead atoms. The molecule has 0 fully saturated rings. The monoisotopic (exact) mass is 250 g/mol. The maximum atomic E-state index is 10.7. The van der Waals surface area contributed by atoms with Crippen molar-refractivity contribution in [3.05, 3.63) is 46.8 Å². The molecule has 0 spiro atoms. The maximum Gasteiger partial charge on any atom is 0.336 e. The zero-order chi connectivity index (χ0) is 11.5. The largest absolute Gasteiger partial charge is 0.478 e. The highest BCUT2D eigenvalue weighted by Crippen LogP contribution is 2.32. The van der Waals surface area contributed by atoms with Gasteiger partial charge in [0.2, 0.25) is 0 Å². The Balaban J connectivity index is 2.14. The predicted molar refractivity (Wildman–Crippen MR) is 66.6 cm³/mol. The molecule has 82 valence electrons. The number of aryl methyl sites for hydroxylation is 1. The van der Waals surface area contributed by atoms with Crippen LogP contribution < -0.4 is 0 Å². The molecule has 0 radical (unpaired) electrons. The Bertz CT molecular complexity index is 500. The summed E-state index contributed by atoms with van der Waals surface area (Å²) in [5.41, 5.74) is 1.58. The maximum absolute atomic E-state index is 10.7. The highest BCUT2D eigenvalue weighted by molar-refractivity contribution is 8.01. The van der Waals surface area contributed by atoms with Crippen LogP contribution in [0.3, 0.4) is 0 Å². The number of thiophene rings is 1. The summed E-state index contributed by atoms with van der Waals surface area (Å²) < 4.78 is 1.00. The van der Waals surface area contributed by atoms with Gasteiger partial charge < -0.3 is 5.11 Å². The Hall–Kier alpha value is -1.26. The van der Waals surface area contributed by atoms with E-state index in [4.69, 9.17) is 5.11 Å². The molecule has 0 saturated carbocycles. The molecule has 0 aliphatic rings. The molecule has 1 N–H and O–H groups in total. The van der Waals surface area contributed by atoms with E-state index in [1.54, 1.807) is 23.2 Å². The van der Waals surface area contributed by atoms with Crippen molar-refractivity contribution in [2.24, 2.45) is 0 Å². The second-order valence-corrected chi connectivity index (χ2v) is 5.66. The molecule has 0 unspecified atom stereocenters. The van der Waals surface area contributed by atoms with Gasteiger partial charge in [-0.15, -0.1) is 11.3 Å². The summed E-state index contributed by atoms with van der Waals surface area (Å²) >= 11 is 3.05. The third kappa shape index (κ3) is 2.65. The van der Waals surface area contributed by atoms with Gasteiger partial charge in [-0.3, -0.25) is 0 Å². The summed E-state index contributed by atoms with van der Waals surface area (Å²) in [6, 6.07) is 9.89. The van der Waals surface area contributed by atoms with Crippen molar-refractivity contribution in [1.29, 1.82) is 0 Å². The van der Waals surface area contributed by atoms with Gasteiger partial charge in [0.05, 0.1) is 9.77 Å². The smallest absolute Gasteiger partial charge is 0.336 e. The number of aromatic carboxylic acids is 1. The van der Waals surface area contributed by atoms with E-state index in [0.717, 1.165) is 9.10 Å². The quantitative estimate of drug-likeness (QED) is 0.897. The molecule has 2 aromatic rings. The normalized spacial score (nSPS) is 10.3. The molecule has 1 aromatic heterocycles. The number of hydrogen-bond acceptors (Lipinski definition) is 3. The molecule has 4 heteroatoms. The highest BCUT2D eigenvalue weighted by atomic mass is 32.2. The Morgan fingerprint density at radius 2 is 2.00 bits per heavy atom. The number of carboxylic acids is 1. The van der Waals surface area contributed by atoms with Crippen molar-refractivity contribution in [2.45, 2.75) is 16.0 Å². The lowest BCUT2D eigenvalue weighted by Crippen LogP contribution is -1.91. The van der Waals surface area contributed by atoms with Gasteiger partial charge in [0.1, 0.15) is 0 Å². The Labute approximate surface area is 102 Å². The molecule has 0 amide bonds. The molecule has 16 heavy (non-hydrogen) atoms. The molecule has 0 aliphatic carbocycles. The average Bonchev–Trinajstić information content (AvgIpc) is 2.70. The van der Waals surface area contributed by atoms with Gasteiger partial charge in [0.25, 0.3) is 0 Å². The Morgan fingerprint density at radius 1 is 1.31 bits per heavy atom. The lowest BCUT2D eigenvalue weighted by molar-refractivity contribution is 0.0697. The first-order valence-electron chi connectivity index (χ1n) is 4.71. The summed E-state index contributed by atoms with van der Waals surface area (Å²) in [6.45, 7) is 2.04. The summed E-state index contributed by atoms with van der Waals surface area (Å²) in [4.78, 5) is 11.8. The van der Waals surface area contributed by atoms with E-state index >= 15 is 0 Å². The fourth-order valence-electron chi connectivity index (χ4n) is 1.20. The van der Waals surface area contributed by atoms with E-state index in [2.05, 4.69) is 0 Å². The summed E-state index contributed by atoms with van der Waals surface area (Å²) in [6.07, 6.45) is 0. The Kier molecular flexibility index (Phi) is 3.31. The molecule has 2 rings (SSSR count). The molecular weight excluding hydrogens is 240 g/mol. The molecule has 0 saturated heterocycles. The van der Waals surface area contributed by atoms with Crippen molar-refractivity contribution in [2.75, 3.05) is 0 Å². The summed E-state index contributed by atoms with van der Waals surface area (Å²) in [7, 11) is 0. The third-order valence-electron chi connectivity index (χ3n) is 2.06. The van der Waals surface area contributed by atoms with Crippen molar-refractivity contribution >= 4 is 29.1 Å².